The molecule has 1 fully saturated rings. The average molecular weight is 500 g/mol. The van der Waals surface area contributed by atoms with Crippen molar-refractivity contribution in [3.63, 3.8) is 0 Å². The van der Waals surface area contributed by atoms with E-state index in [1.807, 2.05) is 19.9 Å². The summed E-state index contributed by atoms with van der Waals surface area (Å²) in [5.74, 6) is -1.27. The average Bonchev–Trinajstić information content (AvgIpc) is 3.14. The van der Waals surface area contributed by atoms with Gasteiger partial charge < -0.3 is 9.30 Å². The summed E-state index contributed by atoms with van der Waals surface area (Å²) >= 11 is 0. The first-order valence-corrected chi connectivity index (χ1v) is 12.3. The van der Waals surface area contributed by atoms with Crippen molar-refractivity contribution >= 4 is 29.6 Å². The third-order valence-electron chi connectivity index (χ3n) is 6.63. The van der Waals surface area contributed by atoms with Crippen molar-refractivity contribution in [1.82, 2.24) is 9.47 Å². The molecule has 1 aliphatic heterocycles. The van der Waals surface area contributed by atoms with Crippen molar-refractivity contribution in [2.24, 2.45) is 0 Å². The summed E-state index contributed by atoms with van der Waals surface area (Å²) in [5, 5.41) is 0. The maximum atomic E-state index is 13.5. The van der Waals surface area contributed by atoms with Gasteiger partial charge in [0, 0.05) is 24.2 Å². The van der Waals surface area contributed by atoms with Crippen LogP contribution in [-0.4, -0.2) is 47.6 Å². The highest BCUT2D eigenvalue weighted by Crippen LogP contribution is 2.29. The summed E-state index contributed by atoms with van der Waals surface area (Å²) in [6, 6.07) is 18.3. The number of carbonyl (C=O) groups is 3. The summed E-state index contributed by atoms with van der Waals surface area (Å²) in [7, 11) is 1.50. The van der Waals surface area contributed by atoms with E-state index < -0.39 is 17.8 Å². The number of hydrogen-bond acceptors (Lipinski definition) is 4. The van der Waals surface area contributed by atoms with Crippen molar-refractivity contribution in [3.8, 4) is 5.69 Å². The van der Waals surface area contributed by atoms with Crippen LogP contribution in [0.2, 0.25) is 0 Å². The lowest BCUT2D eigenvalue weighted by Gasteiger charge is -2.33. The molecule has 0 unspecified atom stereocenters. The molecule has 4 amide bonds. The summed E-state index contributed by atoms with van der Waals surface area (Å²) < 4.78 is 7.20. The van der Waals surface area contributed by atoms with Gasteiger partial charge in [-0.1, -0.05) is 51.1 Å². The van der Waals surface area contributed by atoms with Gasteiger partial charge in [-0.3, -0.25) is 14.5 Å². The van der Waals surface area contributed by atoms with Gasteiger partial charge in [-0.25, -0.2) is 9.69 Å². The van der Waals surface area contributed by atoms with Gasteiger partial charge in [0.1, 0.15) is 5.57 Å². The number of methoxy groups -OCH3 is 1. The number of anilines is 1. The van der Waals surface area contributed by atoms with Gasteiger partial charge in [-0.05, 0) is 66.8 Å². The fourth-order valence-corrected chi connectivity index (χ4v) is 4.56. The summed E-state index contributed by atoms with van der Waals surface area (Å²) in [4.78, 5) is 42.2. The molecule has 0 bridgehead atoms. The molecule has 7 heteroatoms. The van der Waals surface area contributed by atoms with Crippen LogP contribution < -0.4 is 4.90 Å². The SMILES string of the molecule is COCCN1C(=O)/C(=C/c2cc(C)n(-c3ccc(C(C)(C)C)cc3)c2C)C(=O)N(c2ccccc2)C1=O. The molecule has 37 heavy (non-hydrogen) atoms. The van der Waals surface area contributed by atoms with Gasteiger partial charge in [0.25, 0.3) is 11.8 Å². The van der Waals surface area contributed by atoms with Gasteiger partial charge in [0.15, 0.2) is 0 Å². The van der Waals surface area contributed by atoms with E-state index in [0.717, 1.165) is 32.4 Å². The molecule has 0 radical (unpaired) electrons. The number of hydrogen-bond donors (Lipinski definition) is 0. The normalized spacial score (nSPS) is 15.7. The van der Waals surface area contributed by atoms with E-state index in [1.54, 1.807) is 36.4 Å². The molecule has 0 spiro atoms. The van der Waals surface area contributed by atoms with E-state index in [0.29, 0.717) is 5.69 Å². The highest BCUT2D eigenvalue weighted by Gasteiger charge is 2.42. The minimum atomic E-state index is -0.681. The first kappa shape index (κ1) is 26.1. The maximum Gasteiger partial charge on any atom is 0.338 e. The van der Waals surface area contributed by atoms with Crippen LogP contribution in [-0.2, 0) is 19.7 Å². The molecule has 2 heterocycles. The zero-order valence-corrected chi connectivity index (χ0v) is 22.2. The van der Waals surface area contributed by atoms with Gasteiger partial charge in [0.2, 0.25) is 0 Å². The molecular formula is C30H33N3O4. The largest absolute Gasteiger partial charge is 0.383 e. The fourth-order valence-electron chi connectivity index (χ4n) is 4.56. The van der Waals surface area contributed by atoms with Crippen LogP contribution in [0.25, 0.3) is 11.8 Å². The molecule has 0 atom stereocenters. The molecular weight excluding hydrogens is 466 g/mol. The lowest BCUT2D eigenvalue weighted by molar-refractivity contribution is -0.129. The predicted octanol–water partition coefficient (Wildman–Crippen LogP) is 5.42. The van der Waals surface area contributed by atoms with Crippen LogP contribution in [0.3, 0.4) is 0 Å². The van der Waals surface area contributed by atoms with Crippen LogP contribution in [0, 0.1) is 13.8 Å². The number of amides is 4. The van der Waals surface area contributed by atoms with E-state index in [1.165, 1.54) is 12.7 Å². The third kappa shape index (κ3) is 5.00. The second-order valence-corrected chi connectivity index (χ2v) is 10.2. The lowest BCUT2D eigenvalue weighted by atomic mass is 9.87. The number of urea groups is 1. The minimum absolute atomic E-state index is 0.0429. The van der Waals surface area contributed by atoms with Crippen molar-refractivity contribution < 1.29 is 19.1 Å². The van der Waals surface area contributed by atoms with Crippen molar-refractivity contribution in [3.05, 3.63) is 88.8 Å². The topological polar surface area (TPSA) is 71.8 Å². The Morgan fingerprint density at radius 3 is 2.11 bits per heavy atom. The second-order valence-electron chi connectivity index (χ2n) is 10.2. The smallest absolute Gasteiger partial charge is 0.338 e. The van der Waals surface area contributed by atoms with E-state index in [4.69, 9.17) is 4.74 Å². The Hall–Kier alpha value is -3.97. The van der Waals surface area contributed by atoms with Gasteiger partial charge in [0.05, 0.1) is 18.8 Å². The molecule has 0 aliphatic carbocycles. The lowest BCUT2D eigenvalue weighted by Crippen LogP contribution is -2.57. The highest BCUT2D eigenvalue weighted by molar-refractivity contribution is 6.39. The maximum absolute atomic E-state index is 13.5. The van der Waals surface area contributed by atoms with Crippen molar-refractivity contribution in [1.29, 1.82) is 0 Å². The number of aromatic nitrogens is 1. The fraction of sp³-hybridized carbons (Fsp3) is 0.300. The second kappa shape index (κ2) is 10.2. The number of imide groups is 2. The first-order valence-electron chi connectivity index (χ1n) is 12.3. The molecule has 1 saturated heterocycles. The Balaban J connectivity index is 1.77. The van der Waals surface area contributed by atoms with Crippen LogP contribution in [0.4, 0.5) is 10.5 Å². The van der Waals surface area contributed by atoms with Crippen LogP contribution in [0.15, 0.2) is 66.2 Å². The Morgan fingerprint density at radius 1 is 0.865 bits per heavy atom. The quantitative estimate of drug-likeness (QED) is 0.336. The van der Waals surface area contributed by atoms with Crippen LogP contribution in [0.1, 0.15) is 43.3 Å². The van der Waals surface area contributed by atoms with E-state index in [-0.39, 0.29) is 24.1 Å². The van der Waals surface area contributed by atoms with Crippen LogP contribution >= 0.6 is 0 Å². The number of carbonyl (C=O) groups excluding carboxylic acids is 3. The molecule has 1 aliphatic rings. The zero-order chi connectivity index (χ0) is 26.9. The highest BCUT2D eigenvalue weighted by atomic mass is 16.5. The van der Waals surface area contributed by atoms with Crippen molar-refractivity contribution in [2.45, 2.75) is 40.0 Å². The third-order valence-corrected chi connectivity index (χ3v) is 6.63. The molecule has 2 aromatic carbocycles. The Bertz CT molecular complexity index is 1360. The Kier molecular flexibility index (Phi) is 7.18. The summed E-state index contributed by atoms with van der Waals surface area (Å²) in [6.45, 7) is 10.7. The number of rotatable bonds is 6. The van der Waals surface area contributed by atoms with E-state index in [9.17, 15) is 14.4 Å². The van der Waals surface area contributed by atoms with Gasteiger partial charge >= 0.3 is 6.03 Å². The number of para-hydroxylation sites is 1. The van der Waals surface area contributed by atoms with Gasteiger partial charge in [-0.15, -0.1) is 0 Å². The molecule has 0 N–H and O–H groups in total. The van der Waals surface area contributed by atoms with E-state index in [2.05, 4.69) is 49.6 Å². The van der Waals surface area contributed by atoms with E-state index >= 15 is 0 Å². The predicted molar refractivity (Wildman–Crippen MR) is 145 cm³/mol. The number of barbiturate groups is 1. The molecule has 4 rings (SSSR count). The number of benzene rings is 2. The molecule has 3 aromatic rings. The number of aryl methyl sites for hydroxylation is 1. The molecule has 192 valence electrons. The Labute approximate surface area is 217 Å². The first-order chi connectivity index (χ1) is 17.5. The molecule has 1 aromatic heterocycles. The summed E-state index contributed by atoms with van der Waals surface area (Å²) in [6.07, 6.45) is 1.59. The molecule has 0 saturated carbocycles. The Morgan fingerprint density at radius 2 is 1.51 bits per heavy atom. The molecule has 7 nitrogen and oxygen atoms in total. The zero-order valence-electron chi connectivity index (χ0n) is 22.2. The van der Waals surface area contributed by atoms with Crippen molar-refractivity contribution in [2.75, 3.05) is 25.2 Å². The minimum Gasteiger partial charge on any atom is -0.383 e. The number of nitrogens with zero attached hydrogens (tertiary/aromatic N) is 3. The van der Waals surface area contributed by atoms with Crippen LogP contribution in [0.5, 0.6) is 0 Å². The van der Waals surface area contributed by atoms with Gasteiger partial charge in [-0.2, -0.15) is 0 Å². The monoisotopic (exact) mass is 499 g/mol. The number of ether oxygens (including phenoxy) is 1. The summed E-state index contributed by atoms with van der Waals surface area (Å²) in [5.41, 5.74) is 5.22. The standard InChI is InChI=1S/C30H33N3O4/c1-20-18-22(21(2)32(20)25-14-12-23(13-15-25)30(3,4)5)19-26-27(34)31(16-17-37-6)29(36)33(28(26)35)24-10-8-7-9-11-24/h7-15,18-19H,16-17H2,1-6H3/b26-19-.